The van der Waals surface area contributed by atoms with Gasteiger partial charge >= 0.3 is 0 Å². The molecule has 2 N–H and O–H groups in total. The molecular weight excluding hydrogens is 236 g/mol. The molecule has 0 spiro atoms. The summed E-state index contributed by atoms with van der Waals surface area (Å²) in [7, 11) is 0. The molecule has 0 bridgehead atoms. The molecule has 1 saturated carbocycles. The van der Waals surface area contributed by atoms with Gasteiger partial charge in [-0.15, -0.1) is 0 Å². The van der Waals surface area contributed by atoms with Crippen LogP contribution in [0.1, 0.15) is 52.4 Å². The average molecular weight is 268 g/mol. The maximum absolute atomic E-state index is 8.90. The highest BCUT2D eigenvalue weighted by molar-refractivity contribution is 4.92. The molecule has 0 amide bonds. The molecule has 3 nitrogen and oxygen atoms in total. The Morgan fingerprint density at radius 1 is 1.26 bits per heavy atom. The maximum Gasteiger partial charge on any atom is 0.0443 e. The van der Waals surface area contributed by atoms with Crippen LogP contribution in [-0.2, 0) is 0 Å². The van der Waals surface area contributed by atoms with Crippen molar-refractivity contribution in [3.05, 3.63) is 0 Å². The summed E-state index contributed by atoms with van der Waals surface area (Å²) in [6.45, 7) is 8.48. The third-order valence-electron chi connectivity index (χ3n) is 4.96. The molecule has 112 valence electrons. The van der Waals surface area contributed by atoms with Crippen molar-refractivity contribution in [2.24, 2.45) is 11.8 Å². The van der Waals surface area contributed by atoms with Crippen molar-refractivity contribution in [2.45, 2.75) is 64.5 Å². The van der Waals surface area contributed by atoms with Gasteiger partial charge in [-0.2, -0.15) is 0 Å². The zero-order chi connectivity index (χ0) is 13.7. The predicted octanol–water partition coefficient (Wildman–Crippen LogP) is 2.25. The Morgan fingerprint density at radius 3 is 2.63 bits per heavy atom. The average Bonchev–Trinajstić information content (AvgIpc) is 3.24. The van der Waals surface area contributed by atoms with Crippen LogP contribution in [0.5, 0.6) is 0 Å². The van der Waals surface area contributed by atoms with Gasteiger partial charge < -0.3 is 10.4 Å². The van der Waals surface area contributed by atoms with Crippen LogP contribution in [0.15, 0.2) is 0 Å². The first-order chi connectivity index (χ1) is 9.28. The van der Waals surface area contributed by atoms with E-state index >= 15 is 0 Å². The Balaban J connectivity index is 1.87. The van der Waals surface area contributed by atoms with Crippen molar-refractivity contribution in [1.29, 1.82) is 0 Å². The molecule has 0 radical (unpaired) electrons. The Bertz CT molecular complexity index is 255. The zero-order valence-corrected chi connectivity index (χ0v) is 12.8. The van der Waals surface area contributed by atoms with Crippen molar-refractivity contribution < 1.29 is 5.11 Å². The Labute approximate surface area is 118 Å². The SMILES string of the molecule is CCC1CC(NCCCO)CN(C(CC)C2CC2)C1. The minimum atomic E-state index is 0.306. The molecule has 3 unspecified atom stereocenters. The van der Waals surface area contributed by atoms with Crippen molar-refractivity contribution in [2.75, 3.05) is 26.2 Å². The van der Waals surface area contributed by atoms with Crippen molar-refractivity contribution >= 4 is 0 Å². The van der Waals surface area contributed by atoms with Gasteiger partial charge in [-0.25, -0.2) is 0 Å². The molecule has 1 saturated heterocycles. The number of aliphatic hydroxyl groups excluding tert-OH is 1. The van der Waals surface area contributed by atoms with Crippen LogP contribution in [0, 0.1) is 11.8 Å². The largest absolute Gasteiger partial charge is 0.396 e. The van der Waals surface area contributed by atoms with Gasteiger partial charge in [0.15, 0.2) is 0 Å². The van der Waals surface area contributed by atoms with Crippen LogP contribution in [-0.4, -0.2) is 48.3 Å². The molecule has 19 heavy (non-hydrogen) atoms. The summed E-state index contributed by atoms with van der Waals surface area (Å²) < 4.78 is 0. The fraction of sp³-hybridized carbons (Fsp3) is 1.00. The maximum atomic E-state index is 8.90. The van der Waals surface area contributed by atoms with Gasteiger partial charge in [-0.1, -0.05) is 20.3 Å². The molecule has 0 aromatic heterocycles. The van der Waals surface area contributed by atoms with E-state index in [2.05, 4.69) is 24.1 Å². The molecule has 3 heteroatoms. The monoisotopic (exact) mass is 268 g/mol. The standard InChI is InChI=1S/C16H32N2O/c1-3-13-10-15(17-8-5-9-19)12-18(11-13)16(4-2)14-6-7-14/h13-17,19H,3-12H2,1-2H3. The van der Waals surface area contributed by atoms with Crippen LogP contribution in [0.25, 0.3) is 0 Å². The van der Waals surface area contributed by atoms with Gasteiger partial charge in [0.1, 0.15) is 0 Å². The summed E-state index contributed by atoms with van der Waals surface area (Å²) in [5.74, 6) is 1.84. The van der Waals surface area contributed by atoms with Gasteiger partial charge in [0.05, 0.1) is 0 Å². The fourth-order valence-electron chi connectivity index (χ4n) is 3.71. The molecule has 1 heterocycles. The second-order valence-electron chi connectivity index (χ2n) is 6.51. The Morgan fingerprint density at radius 2 is 2.05 bits per heavy atom. The van der Waals surface area contributed by atoms with Crippen LogP contribution < -0.4 is 5.32 Å². The number of aliphatic hydroxyl groups is 1. The first-order valence-corrected chi connectivity index (χ1v) is 8.36. The third kappa shape index (κ3) is 4.44. The molecule has 2 fully saturated rings. The van der Waals surface area contributed by atoms with E-state index in [1.54, 1.807) is 0 Å². The lowest BCUT2D eigenvalue weighted by atomic mass is 9.90. The van der Waals surface area contributed by atoms with Gasteiger partial charge in [0, 0.05) is 31.8 Å². The lowest BCUT2D eigenvalue weighted by molar-refractivity contribution is 0.0820. The number of nitrogens with one attached hydrogen (secondary N) is 1. The van der Waals surface area contributed by atoms with Gasteiger partial charge in [-0.05, 0) is 50.5 Å². The van der Waals surface area contributed by atoms with Gasteiger partial charge in [0.25, 0.3) is 0 Å². The molecule has 1 aliphatic carbocycles. The summed E-state index contributed by atoms with van der Waals surface area (Å²) >= 11 is 0. The van der Waals surface area contributed by atoms with E-state index in [0.29, 0.717) is 12.6 Å². The topological polar surface area (TPSA) is 35.5 Å². The van der Waals surface area contributed by atoms with E-state index in [9.17, 15) is 0 Å². The molecule has 1 aliphatic heterocycles. The predicted molar refractivity (Wildman–Crippen MR) is 80.3 cm³/mol. The highest BCUT2D eigenvalue weighted by atomic mass is 16.3. The minimum Gasteiger partial charge on any atom is -0.396 e. The minimum absolute atomic E-state index is 0.306. The molecule has 3 atom stereocenters. The van der Waals surface area contributed by atoms with E-state index in [4.69, 9.17) is 5.11 Å². The molecule has 2 aliphatic rings. The smallest absolute Gasteiger partial charge is 0.0443 e. The third-order valence-corrected chi connectivity index (χ3v) is 4.96. The lowest BCUT2D eigenvalue weighted by Gasteiger charge is -2.42. The first kappa shape index (κ1) is 15.3. The van der Waals surface area contributed by atoms with Crippen molar-refractivity contribution in [3.63, 3.8) is 0 Å². The second-order valence-corrected chi connectivity index (χ2v) is 6.51. The molecular formula is C16H32N2O. The number of rotatable bonds is 8. The zero-order valence-electron chi connectivity index (χ0n) is 12.8. The summed E-state index contributed by atoms with van der Waals surface area (Å²) in [5.41, 5.74) is 0. The van der Waals surface area contributed by atoms with Crippen LogP contribution >= 0.6 is 0 Å². The molecule has 0 aromatic carbocycles. The van der Waals surface area contributed by atoms with Gasteiger partial charge in [0.2, 0.25) is 0 Å². The van der Waals surface area contributed by atoms with E-state index < -0.39 is 0 Å². The number of nitrogens with zero attached hydrogens (tertiary/aromatic N) is 1. The number of hydrogen-bond acceptors (Lipinski definition) is 3. The van der Waals surface area contributed by atoms with Crippen molar-refractivity contribution in [1.82, 2.24) is 10.2 Å². The highest BCUT2D eigenvalue weighted by Crippen LogP contribution is 2.38. The highest BCUT2D eigenvalue weighted by Gasteiger charge is 2.37. The van der Waals surface area contributed by atoms with E-state index in [0.717, 1.165) is 30.8 Å². The first-order valence-electron chi connectivity index (χ1n) is 8.36. The molecule has 0 aromatic rings. The summed E-state index contributed by atoms with van der Waals surface area (Å²) in [5, 5.41) is 12.6. The summed E-state index contributed by atoms with van der Waals surface area (Å²) in [6.07, 6.45) is 7.72. The van der Waals surface area contributed by atoms with Crippen LogP contribution in [0.2, 0.25) is 0 Å². The van der Waals surface area contributed by atoms with Crippen molar-refractivity contribution in [3.8, 4) is 0 Å². The number of piperidine rings is 1. The van der Waals surface area contributed by atoms with Crippen LogP contribution in [0.4, 0.5) is 0 Å². The van der Waals surface area contributed by atoms with Crippen LogP contribution in [0.3, 0.4) is 0 Å². The van der Waals surface area contributed by atoms with E-state index in [-0.39, 0.29) is 0 Å². The number of likely N-dealkylation sites (tertiary alicyclic amines) is 1. The van der Waals surface area contributed by atoms with Gasteiger partial charge in [-0.3, -0.25) is 4.90 Å². The molecule has 2 rings (SSSR count). The van der Waals surface area contributed by atoms with E-state index in [1.165, 1.54) is 45.2 Å². The van der Waals surface area contributed by atoms with E-state index in [1.807, 2.05) is 0 Å². The second kappa shape index (κ2) is 7.61. The lowest BCUT2D eigenvalue weighted by Crippen LogP contribution is -2.53. The number of hydrogen-bond donors (Lipinski definition) is 2. The Hall–Kier alpha value is -0.120. The summed E-state index contributed by atoms with van der Waals surface area (Å²) in [4.78, 5) is 2.77. The Kier molecular flexibility index (Phi) is 6.11. The fourth-order valence-corrected chi connectivity index (χ4v) is 3.71. The quantitative estimate of drug-likeness (QED) is 0.663. The normalized spacial score (nSPS) is 30.5. The summed E-state index contributed by atoms with van der Waals surface area (Å²) in [6, 6.07) is 1.47.